The van der Waals surface area contributed by atoms with Gasteiger partial charge in [-0.3, -0.25) is 4.79 Å². The first kappa shape index (κ1) is 16.0. The highest BCUT2D eigenvalue weighted by atomic mass is 16.1. The van der Waals surface area contributed by atoms with E-state index in [0.29, 0.717) is 23.6 Å². The number of fused-ring (bicyclic) bond motifs is 1. The van der Waals surface area contributed by atoms with Crippen LogP contribution < -0.4 is 10.6 Å². The third kappa shape index (κ3) is 3.37. The highest BCUT2D eigenvalue weighted by Gasteiger charge is 2.15. The molecular formula is C18H21N5O. The first-order valence-electron chi connectivity index (χ1n) is 7.98. The first-order chi connectivity index (χ1) is 11.5. The number of aromatic nitrogens is 3. The van der Waals surface area contributed by atoms with Gasteiger partial charge in [-0.05, 0) is 38.0 Å². The van der Waals surface area contributed by atoms with Crippen LogP contribution in [-0.2, 0) is 6.54 Å². The van der Waals surface area contributed by atoms with Crippen LogP contribution in [0.3, 0.4) is 0 Å². The number of hydrogen-bond donors (Lipinski definition) is 2. The summed E-state index contributed by atoms with van der Waals surface area (Å²) in [5.74, 6) is 0.549. The van der Waals surface area contributed by atoms with Crippen LogP contribution in [-0.4, -0.2) is 26.5 Å². The molecule has 0 atom stereocenters. The van der Waals surface area contributed by atoms with Crippen molar-refractivity contribution < 1.29 is 4.79 Å². The van der Waals surface area contributed by atoms with Crippen LogP contribution in [0.2, 0.25) is 0 Å². The lowest BCUT2D eigenvalue weighted by Crippen LogP contribution is -2.30. The predicted molar refractivity (Wildman–Crippen MR) is 94.1 cm³/mol. The maximum atomic E-state index is 12.2. The molecule has 1 amide bonds. The van der Waals surface area contributed by atoms with Crippen molar-refractivity contribution in [3.8, 4) is 0 Å². The van der Waals surface area contributed by atoms with Gasteiger partial charge >= 0.3 is 0 Å². The average Bonchev–Trinajstić information content (AvgIpc) is 2.96. The van der Waals surface area contributed by atoms with Crippen molar-refractivity contribution in [3.63, 3.8) is 0 Å². The van der Waals surface area contributed by atoms with Gasteiger partial charge in [0.2, 0.25) is 0 Å². The van der Waals surface area contributed by atoms with Crippen LogP contribution in [0.1, 0.15) is 35.3 Å². The van der Waals surface area contributed by atoms with Crippen LogP contribution in [0.15, 0.2) is 42.7 Å². The summed E-state index contributed by atoms with van der Waals surface area (Å²) in [4.78, 5) is 16.8. The highest BCUT2D eigenvalue weighted by Crippen LogP contribution is 2.14. The number of anilines is 1. The van der Waals surface area contributed by atoms with Gasteiger partial charge in [-0.1, -0.05) is 24.3 Å². The molecule has 0 aliphatic heterocycles. The number of hydrogen-bond acceptors (Lipinski definition) is 4. The van der Waals surface area contributed by atoms with E-state index in [1.807, 2.05) is 32.0 Å². The van der Waals surface area contributed by atoms with Crippen molar-refractivity contribution in [3.05, 3.63) is 59.4 Å². The number of rotatable bonds is 5. The van der Waals surface area contributed by atoms with Gasteiger partial charge in [0.05, 0.1) is 6.20 Å². The van der Waals surface area contributed by atoms with Gasteiger partial charge in [-0.25, -0.2) is 9.50 Å². The minimum Gasteiger partial charge on any atom is -0.366 e. The molecular weight excluding hydrogens is 302 g/mol. The second kappa shape index (κ2) is 6.70. The standard InChI is InChI=1S/C18H21N5O/c1-12(2)21-18(24)15-11-20-23-9-8-16(22-17(15)23)19-10-14-7-5-4-6-13(14)3/h4-9,11-12H,10H2,1-3H3,(H,19,22)(H,21,24). The molecule has 3 aromatic rings. The molecule has 24 heavy (non-hydrogen) atoms. The summed E-state index contributed by atoms with van der Waals surface area (Å²) < 4.78 is 1.61. The fourth-order valence-corrected chi connectivity index (χ4v) is 2.46. The lowest BCUT2D eigenvalue weighted by Gasteiger charge is -2.09. The second-order valence-electron chi connectivity index (χ2n) is 6.05. The minimum atomic E-state index is -0.163. The van der Waals surface area contributed by atoms with E-state index in [1.165, 1.54) is 11.1 Å². The van der Waals surface area contributed by atoms with E-state index in [1.54, 1.807) is 16.9 Å². The van der Waals surface area contributed by atoms with Crippen LogP contribution in [0, 0.1) is 6.92 Å². The molecule has 0 fully saturated rings. The van der Waals surface area contributed by atoms with E-state index < -0.39 is 0 Å². The van der Waals surface area contributed by atoms with Gasteiger partial charge in [0.15, 0.2) is 5.65 Å². The Morgan fingerprint density at radius 3 is 2.79 bits per heavy atom. The summed E-state index contributed by atoms with van der Waals surface area (Å²) in [6.45, 7) is 6.61. The average molecular weight is 323 g/mol. The molecule has 0 bridgehead atoms. The predicted octanol–water partition coefficient (Wildman–Crippen LogP) is 2.79. The lowest BCUT2D eigenvalue weighted by molar-refractivity contribution is 0.0944. The Morgan fingerprint density at radius 1 is 1.25 bits per heavy atom. The Bertz CT molecular complexity index is 869. The van der Waals surface area contributed by atoms with Gasteiger partial charge in [0, 0.05) is 18.8 Å². The Hall–Kier alpha value is -2.89. The number of benzene rings is 1. The summed E-state index contributed by atoms with van der Waals surface area (Å²) in [7, 11) is 0. The van der Waals surface area contributed by atoms with Gasteiger partial charge in [-0.2, -0.15) is 5.10 Å². The van der Waals surface area contributed by atoms with E-state index >= 15 is 0 Å². The molecule has 0 saturated carbocycles. The van der Waals surface area contributed by atoms with Crippen LogP contribution in [0.5, 0.6) is 0 Å². The molecule has 3 rings (SSSR count). The van der Waals surface area contributed by atoms with Crippen LogP contribution in [0.25, 0.3) is 5.65 Å². The molecule has 0 saturated heterocycles. The van der Waals surface area contributed by atoms with E-state index in [4.69, 9.17) is 0 Å². The number of nitrogens with one attached hydrogen (secondary N) is 2. The fraction of sp³-hybridized carbons (Fsp3) is 0.278. The number of aryl methyl sites for hydroxylation is 1. The molecule has 124 valence electrons. The fourth-order valence-electron chi connectivity index (χ4n) is 2.46. The molecule has 0 radical (unpaired) electrons. The summed E-state index contributed by atoms with van der Waals surface area (Å²) in [5.41, 5.74) is 3.46. The SMILES string of the molecule is Cc1ccccc1CNc1ccn2ncc(C(=O)NC(C)C)c2n1. The first-order valence-corrected chi connectivity index (χ1v) is 7.98. The molecule has 2 N–H and O–H groups in total. The third-order valence-electron chi connectivity index (χ3n) is 3.75. The minimum absolute atomic E-state index is 0.0646. The molecule has 0 aliphatic carbocycles. The molecule has 6 heteroatoms. The second-order valence-corrected chi connectivity index (χ2v) is 6.05. The van der Waals surface area contributed by atoms with Crippen molar-refractivity contribution in [2.75, 3.05) is 5.32 Å². The number of amides is 1. The lowest BCUT2D eigenvalue weighted by atomic mass is 10.1. The number of nitrogens with zero attached hydrogens (tertiary/aromatic N) is 3. The van der Waals surface area contributed by atoms with Crippen molar-refractivity contribution in [2.24, 2.45) is 0 Å². The zero-order valence-corrected chi connectivity index (χ0v) is 14.1. The zero-order chi connectivity index (χ0) is 17.1. The maximum Gasteiger partial charge on any atom is 0.256 e. The maximum absolute atomic E-state index is 12.2. The smallest absolute Gasteiger partial charge is 0.256 e. The monoisotopic (exact) mass is 323 g/mol. The Labute approximate surface area is 140 Å². The summed E-state index contributed by atoms with van der Waals surface area (Å²) >= 11 is 0. The van der Waals surface area contributed by atoms with Gasteiger partial charge in [0.1, 0.15) is 11.4 Å². The molecule has 0 aliphatic rings. The Balaban J connectivity index is 1.82. The normalized spacial score (nSPS) is 11.0. The Morgan fingerprint density at radius 2 is 2.04 bits per heavy atom. The van der Waals surface area contributed by atoms with Gasteiger partial charge in [-0.15, -0.1) is 0 Å². The number of carbonyl (C=O) groups excluding carboxylic acids is 1. The van der Waals surface area contributed by atoms with E-state index in [9.17, 15) is 4.79 Å². The summed E-state index contributed by atoms with van der Waals surface area (Å²) in [6, 6.07) is 10.1. The third-order valence-corrected chi connectivity index (χ3v) is 3.75. The molecule has 6 nitrogen and oxygen atoms in total. The van der Waals surface area contributed by atoms with E-state index in [0.717, 1.165) is 0 Å². The quantitative estimate of drug-likeness (QED) is 0.757. The van der Waals surface area contributed by atoms with Crippen LogP contribution >= 0.6 is 0 Å². The summed E-state index contributed by atoms with van der Waals surface area (Å²) in [6.07, 6.45) is 3.35. The molecule has 2 aromatic heterocycles. The highest BCUT2D eigenvalue weighted by molar-refractivity contribution is 5.99. The largest absolute Gasteiger partial charge is 0.366 e. The summed E-state index contributed by atoms with van der Waals surface area (Å²) in [5, 5.41) is 10.4. The van der Waals surface area contributed by atoms with Crippen molar-refractivity contribution >= 4 is 17.4 Å². The molecule has 0 unspecified atom stereocenters. The number of carbonyl (C=O) groups is 1. The van der Waals surface area contributed by atoms with Gasteiger partial charge in [0.25, 0.3) is 5.91 Å². The molecule has 1 aromatic carbocycles. The van der Waals surface area contributed by atoms with E-state index in [-0.39, 0.29) is 11.9 Å². The van der Waals surface area contributed by atoms with Crippen molar-refractivity contribution in [2.45, 2.75) is 33.4 Å². The van der Waals surface area contributed by atoms with Gasteiger partial charge < -0.3 is 10.6 Å². The van der Waals surface area contributed by atoms with Crippen LogP contribution in [0.4, 0.5) is 5.82 Å². The van der Waals surface area contributed by atoms with Crippen molar-refractivity contribution in [1.29, 1.82) is 0 Å². The molecule has 2 heterocycles. The molecule has 0 spiro atoms. The van der Waals surface area contributed by atoms with Crippen molar-refractivity contribution in [1.82, 2.24) is 19.9 Å². The topological polar surface area (TPSA) is 71.3 Å². The zero-order valence-electron chi connectivity index (χ0n) is 14.1. The Kier molecular flexibility index (Phi) is 4.46. The van der Waals surface area contributed by atoms with E-state index in [2.05, 4.69) is 39.8 Å².